The molecule has 4 heteroatoms. The molecule has 1 atom stereocenters. The Morgan fingerprint density at radius 2 is 1.43 bits per heavy atom. The summed E-state index contributed by atoms with van der Waals surface area (Å²) in [5.41, 5.74) is 12.9. The van der Waals surface area contributed by atoms with E-state index in [1.54, 1.807) is 6.07 Å². The molecule has 0 heterocycles. The Balaban J connectivity index is 0.000000423. The van der Waals surface area contributed by atoms with Crippen LogP contribution < -0.4 is 16.4 Å². The highest BCUT2D eigenvalue weighted by Gasteiger charge is 2.18. The Morgan fingerprint density at radius 1 is 0.787 bits per heavy atom. The molecule has 4 nitrogen and oxygen atoms in total. The number of rotatable bonds is 7. The molecule has 0 aromatic heterocycles. The number of fused-ring (bicyclic) bond motifs is 4. The molecule has 5 N–H and O–H groups in total. The van der Waals surface area contributed by atoms with E-state index < -0.39 is 0 Å². The van der Waals surface area contributed by atoms with Crippen molar-refractivity contribution in [1.29, 1.82) is 0 Å². The van der Waals surface area contributed by atoms with Crippen LogP contribution in [-0.2, 0) is 0 Å². The van der Waals surface area contributed by atoms with Crippen molar-refractivity contribution in [3.8, 4) is 5.75 Å². The smallest absolute Gasteiger partial charge is 0.139 e. The highest BCUT2D eigenvalue weighted by Crippen LogP contribution is 2.38. The van der Waals surface area contributed by atoms with Gasteiger partial charge >= 0.3 is 0 Å². The maximum Gasteiger partial charge on any atom is 0.139 e. The minimum Gasteiger partial charge on any atom is -0.506 e. The molecule has 0 aliphatic heterocycles. The van der Waals surface area contributed by atoms with Crippen LogP contribution in [-0.4, -0.2) is 18.8 Å². The Bertz CT molecular complexity index is 2060. The summed E-state index contributed by atoms with van der Waals surface area (Å²) in [5, 5.41) is 23.6. The quantitative estimate of drug-likeness (QED) is 0.0621. The SMILES string of the molecule is CC.CNCN/C(=C\C(c1ccc2ccccc2c1)c1ccc2c(ccc3ccc(O)c(N)c32)c1)C1=CC=CC1.Cc1ccccc1. The van der Waals surface area contributed by atoms with E-state index >= 15 is 0 Å². The molecule has 7 rings (SSSR count). The van der Waals surface area contributed by atoms with Gasteiger partial charge in [-0.2, -0.15) is 0 Å². The van der Waals surface area contributed by atoms with Crippen molar-refractivity contribution in [2.45, 2.75) is 33.1 Å². The van der Waals surface area contributed by atoms with Crippen LogP contribution in [0, 0.1) is 6.92 Å². The Hall–Kier alpha value is -5.32. The van der Waals surface area contributed by atoms with Crippen LogP contribution in [0.1, 0.15) is 42.9 Å². The van der Waals surface area contributed by atoms with Gasteiger partial charge in [0.1, 0.15) is 5.75 Å². The van der Waals surface area contributed by atoms with E-state index in [1.807, 2.05) is 45.2 Å². The summed E-state index contributed by atoms with van der Waals surface area (Å²) >= 11 is 0. The molecule has 1 unspecified atom stereocenters. The van der Waals surface area contributed by atoms with Crippen LogP contribution in [0.2, 0.25) is 0 Å². The standard InChI is InChI=1S/C34H31N3O.C7H8.C2H6/c1-36-21-37-31(23-7-3-4-8-23)20-30(27-12-10-22-6-2-5-9-25(22)18-27)28-14-16-29-26(19-28)13-11-24-15-17-32(38)34(35)33(24)29;1-7-5-3-2-4-6-7;1-2/h2-7,9-20,30,36-38H,8,21,35H2,1H3;2-6H,1H3;1-2H3/b31-20-;;. The first kappa shape index (κ1) is 33.1. The lowest BCUT2D eigenvalue weighted by atomic mass is 9.86. The maximum atomic E-state index is 10.3. The van der Waals surface area contributed by atoms with Crippen LogP contribution in [0.25, 0.3) is 32.3 Å². The molecule has 0 saturated carbocycles. The third-order valence-electron chi connectivity index (χ3n) is 8.38. The van der Waals surface area contributed by atoms with Crippen LogP contribution >= 0.6 is 0 Å². The van der Waals surface area contributed by atoms with E-state index in [9.17, 15) is 5.11 Å². The van der Waals surface area contributed by atoms with Crippen LogP contribution in [0.4, 0.5) is 5.69 Å². The summed E-state index contributed by atoms with van der Waals surface area (Å²) in [6, 6.07) is 39.9. The molecular formula is C43H45N3O. The molecular weight excluding hydrogens is 574 g/mol. The van der Waals surface area contributed by atoms with Crippen LogP contribution in [0.5, 0.6) is 5.75 Å². The van der Waals surface area contributed by atoms with Crippen molar-refractivity contribution < 1.29 is 5.11 Å². The fraction of sp³-hybridized carbons (Fsp3) is 0.163. The Morgan fingerprint density at radius 3 is 2.11 bits per heavy atom. The van der Waals surface area contributed by atoms with E-state index in [-0.39, 0.29) is 11.7 Å². The normalized spacial score (nSPS) is 13.0. The van der Waals surface area contributed by atoms with Crippen molar-refractivity contribution in [2.24, 2.45) is 0 Å². The van der Waals surface area contributed by atoms with Gasteiger partial charge in [-0.3, -0.25) is 0 Å². The zero-order valence-electron chi connectivity index (χ0n) is 27.8. The summed E-state index contributed by atoms with van der Waals surface area (Å²) in [7, 11) is 1.95. The molecule has 0 saturated heterocycles. The van der Waals surface area contributed by atoms with E-state index in [0.717, 1.165) is 33.7 Å². The number of phenols is 1. The number of anilines is 1. The van der Waals surface area contributed by atoms with Gasteiger partial charge in [0.25, 0.3) is 0 Å². The third kappa shape index (κ3) is 7.74. The highest BCUT2D eigenvalue weighted by molar-refractivity contribution is 6.14. The van der Waals surface area contributed by atoms with E-state index in [4.69, 9.17) is 5.73 Å². The van der Waals surface area contributed by atoms with Gasteiger partial charge in [-0.15, -0.1) is 0 Å². The van der Waals surface area contributed by atoms with Gasteiger partial charge in [-0.05, 0) is 76.2 Å². The first-order valence-electron chi connectivity index (χ1n) is 16.4. The second kappa shape index (κ2) is 15.8. The fourth-order valence-corrected chi connectivity index (χ4v) is 5.98. The zero-order chi connectivity index (χ0) is 33.2. The minimum atomic E-state index is 0.0297. The van der Waals surface area contributed by atoms with Crippen molar-refractivity contribution in [3.63, 3.8) is 0 Å². The number of nitrogens with two attached hydrogens (primary N) is 1. The molecule has 0 amide bonds. The number of phenolic OH excluding ortho intramolecular Hbond substituents is 1. The number of nitrogen functional groups attached to an aromatic ring is 1. The number of aryl methyl sites for hydroxylation is 1. The summed E-state index contributed by atoms with van der Waals surface area (Å²) < 4.78 is 0. The first-order chi connectivity index (χ1) is 23.0. The molecule has 238 valence electrons. The number of aromatic hydroxyl groups is 1. The summed E-state index contributed by atoms with van der Waals surface area (Å²) in [5.74, 6) is 0.145. The number of nitrogens with one attached hydrogen (secondary N) is 2. The zero-order valence-corrected chi connectivity index (χ0v) is 27.8. The first-order valence-corrected chi connectivity index (χ1v) is 16.4. The lowest BCUT2D eigenvalue weighted by Gasteiger charge is -2.20. The molecule has 6 aromatic rings. The molecule has 0 radical (unpaired) electrons. The summed E-state index contributed by atoms with van der Waals surface area (Å²) in [4.78, 5) is 0. The van der Waals surface area contributed by atoms with Crippen LogP contribution in [0.15, 0.2) is 151 Å². The Kier molecular flexibility index (Phi) is 11.1. The maximum absolute atomic E-state index is 10.3. The fourth-order valence-electron chi connectivity index (χ4n) is 5.98. The van der Waals surface area contributed by atoms with Crippen LogP contribution in [0.3, 0.4) is 0 Å². The second-order valence-corrected chi connectivity index (χ2v) is 11.5. The molecule has 1 aliphatic carbocycles. The van der Waals surface area contributed by atoms with Crippen molar-refractivity contribution >= 4 is 38.0 Å². The van der Waals surface area contributed by atoms with Gasteiger partial charge in [0.2, 0.25) is 0 Å². The van der Waals surface area contributed by atoms with Gasteiger partial charge < -0.3 is 21.5 Å². The summed E-state index contributed by atoms with van der Waals surface area (Å²) in [6.45, 7) is 6.76. The lowest BCUT2D eigenvalue weighted by Crippen LogP contribution is -2.26. The van der Waals surface area contributed by atoms with E-state index in [1.165, 1.54) is 33.0 Å². The average molecular weight is 620 g/mol. The molecule has 47 heavy (non-hydrogen) atoms. The predicted molar refractivity (Wildman–Crippen MR) is 203 cm³/mol. The number of hydrogen-bond acceptors (Lipinski definition) is 4. The lowest BCUT2D eigenvalue weighted by molar-refractivity contribution is 0.479. The van der Waals surface area contributed by atoms with Gasteiger partial charge in [-0.25, -0.2) is 0 Å². The Labute approximate surface area is 279 Å². The largest absolute Gasteiger partial charge is 0.506 e. The average Bonchev–Trinajstić information content (AvgIpc) is 3.66. The molecule has 1 aliphatic rings. The van der Waals surface area contributed by atoms with Gasteiger partial charge in [0.05, 0.1) is 12.4 Å². The van der Waals surface area contributed by atoms with Crippen molar-refractivity contribution in [1.82, 2.24) is 10.6 Å². The van der Waals surface area contributed by atoms with Crippen molar-refractivity contribution in [2.75, 3.05) is 19.5 Å². The molecule has 0 spiro atoms. The molecule has 0 bridgehead atoms. The number of hydrogen-bond donors (Lipinski definition) is 4. The minimum absolute atomic E-state index is 0.0297. The van der Waals surface area contributed by atoms with E-state index in [2.05, 4.69) is 127 Å². The summed E-state index contributed by atoms with van der Waals surface area (Å²) in [6.07, 6.45) is 9.77. The second-order valence-electron chi connectivity index (χ2n) is 11.5. The molecule has 6 aromatic carbocycles. The molecule has 0 fully saturated rings. The van der Waals surface area contributed by atoms with Gasteiger partial charge in [0.15, 0.2) is 0 Å². The van der Waals surface area contributed by atoms with Crippen molar-refractivity contribution in [3.05, 3.63) is 168 Å². The monoisotopic (exact) mass is 619 g/mol. The van der Waals surface area contributed by atoms with Gasteiger partial charge in [-0.1, -0.05) is 147 Å². The van der Waals surface area contributed by atoms with E-state index in [0.29, 0.717) is 12.4 Å². The topological polar surface area (TPSA) is 70.3 Å². The predicted octanol–water partition coefficient (Wildman–Crippen LogP) is 10.1. The number of benzene rings is 6. The van der Waals surface area contributed by atoms with Gasteiger partial charge in [0, 0.05) is 17.0 Å². The third-order valence-corrected chi connectivity index (χ3v) is 8.38. The number of allylic oxidation sites excluding steroid dienone is 5. The highest BCUT2D eigenvalue weighted by atomic mass is 16.3.